The fourth-order valence-electron chi connectivity index (χ4n) is 4.11. The van der Waals surface area contributed by atoms with E-state index in [1.54, 1.807) is 27.9 Å². The van der Waals surface area contributed by atoms with Gasteiger partial charge in [0.1, 0.15) is 18.4 Å². The van der Waals surface area contributed by atoms with Gasteiger partial charge in [-0.1, -0.05) is 12.1 Å². The lowest BCUT2D eigenvalue weighted by Crippen LogP contribution is -2.48. The molecule has 176 valence electrons. The summed E-state index contributed by atoms with van der Waals surface area (Å²) in [6.07, 6.45) is 1.52. The summed E-state index contributed by atoms with van der Waals surface area (Å²) in [5.41, 5.74) is 0.716. The van der Waals surface area contributed by atoms with Crippen molar-refractivity contribution in [2.24, 2.45) is 0 Å². The predicted octanol–water partition coefficient (Wildman–Crippen LogP) is 1.86. The summed E-state index contributed by atoms with van der Waals surface area (Å²) >= 11 is 0. The van der Waals surface area contributed by atoms with Crippen LogP contribution in [0.25, 0.3) is 0 Å². The van der Waals surface area contributed by atoms with E-state index in [9.17, 15) is 9.59 Å². The van der Waals surface area contributed by atoms with Crippen molar-refractivity contribution in [2.75, 3.05) is 63.7 Å². The molecule has 0 bridgehead atoms. The lowest BCUT2D eigenvalue weighted by Gasteiger charge is -2.33. The van der Waals surface area contributed by atoms with Crippen LogP contribution in [0.15, 0.2) is 36.4 Å². The Hall–Kier alpha value is -3.56. The SMILES string of the molecule is COc1ccccc1N1CCN(CC(=O)N2CCCC(Oc3ccc(N(C)C)nn3)C2)C1=O. The summed E-state index contributed by atoms with van der Waals surface area (Å²) in [4.78, 5) is 32.8. The molecular weight excluding hydrogens is 424 g/mol. The van der Waals surface area contributed by atoms with Gasteiger partial charge in [0.2, 0.25) is 11.8 Å². The van der Waals surface area contributed by atoms with Crippen LogP contribution in [0, 0.1) is 0 Å². The van der Waals surface area contributed by atoms with E-state index in [4.69, 9.17) is 9.47 Å². The van der Waals surface area contributed by atoms with Gasteiger partial charge >= 0.3 is 6.03 Å². The van der Waals surface area contributed by atoms with Crippen LogP contribution in [-0.4, -0.2) is 92.0 Å². The Morgan fingerprint density at radius 1 is 1.12 bits per heavy atom. The summed E-state index contributed by atoms with van der Waals surface area (Å²) < 4.78 is 11.4. The Balaban J connectivity index is 1.33. The molecule has 1 aromatic carbocycles. The summed E-state index contributed by atoms with van der Waals surface area (Å²) in [6, 6.07) is 10.9. The number of hydrogen-bond donors (Lipinski definition) is 0. The minimum atomic E-state index is -0.186. The highest BCUT2D eigenvalue weighted by Gasteiger charge is 2.34. The number of para-hydroxylation sites is 2. The molecule has 4 rings (SSSR count). The van der Waals surface area contributed by atoms with Gasteiger partial charge < -0.3 is 24.2 Å². The summed E-state index contributed by atoms with van der Waals surface area (Å²) in [5, 5.41) is 8.25. The molecule has 0 spiro atoms. The van der Waals surface area contributed by atoms with Gasteiger partial charge in [-0.15, -0.1) is 10.2 Å². The lowest BCUT2D eigenvalue weighted by molar-refractivity contribution is -0.134. The highest BCUT2D eigenvalue weighted by Crippen LogP contribution is 2.30. The molecule has 10 nitrogen and oxygen atoms in total. The molecule has 2 aromatic rings. The van der Waals surface area contributed by atoms with Gasteiger partial charge in [-0.3, -0.25) is 9.69 Å². The number of rotatable bonds is 7. The van der Waals surface area contributed by atoms with E-state index in [0.717, 1.165) is 18.7 Å². The first-order valence-electron chi connectivity index (χ1n) is 11.1. The number of methoxy groups -OCH3 is 1. The average molecular weight is 455 g/mol. The standard InChI is InChI=1S/C23H30N6O4/c1-26(2)20-10-11-21(25-24-20)33-17-7-6-12-27(15-17)22(30)16-28-13-14-29(23(28)31)18-8-4-5-9-19(18)32-3/h4-5,8-11,17H,6-7,12-16H2,1-3H3. The molecule has 10 heteroatoms. The van der Waals surface area contributed by atoms with Gasteiger partial charge in [0.15, 0.2) is 5.82 Å². The Kier molecular flexibility index (Phi) is 6.81. The summed E-state index contributed by atoms with van der Waals surface area (Å²) in [5.74, 6) is 1.76. The molecule has 0 saturated carbocycles. The average Bonchev–Trinajstić information content (AvgIpc) is 3.19. The quantitative estimate of drug-likeness (QED) is 0.631. The van der Waals surface area contributed by atoms with E-state index in [2.05, 4.69) is 10.2 Å². The molecule has 1 aromatic heterocycles. The second-order valence-corrected chi connectivity index (χ2v) is 8.37. The zero-order chi connectivity index (χ0) is 23.4. The maximum atomic E-state index is 13.0. The first-order chi connectivity index (χ1) is 16.0. The zero-order valence-electron chi connectivity index (χ0n) is 19.3. The number of aromatic nitrogens is 2. The van der Waals surface area contributed by atoms with E-state index >= 15 is 0 Å². The maximum Gasteiger partial charge on any atom is 0.325 e. The van der Waals surface area contributed by atoms with Crippen molar-refractivity contribution < 1.29 is 19.1 Å². The van der Waals surface area contributed by atoms with Crippen LogP contribution in [0.1, 0.15) is 12.8 Å². The number of piperidine rings is 1. The van der Waals surface area contributed by atoms with E-state index in [0.29, 0.717) is 43.5 Å². The molecule has 1 atom stereocenters. The highest BCUT2D eigenvalue weighted by molar-refractivity contribution is 5.97. The van der Waals surface area contributed by atoms with E-state index in [1.807, 2.05) is 49.3 Å². The number of ether oxygens (including phenoxy) is 2. The number of carbonyl (C=O) groups excluding carboxylic acids is 2. The van der Waals surface area contributed by atoms with Gasteiger partial charge in [0, 0.05) is 39.8 Å². The molecular formula is C23H30N6O4. The third kappa shape index (κ3) is 5.10. The summed E-state index contributed by atoms with van der Waals surface area (Å²) in [6.45, 7) is 2.18. The molecule has 0 aliphatic carbocycles. The summed E-state index contributed by atoms with van der Waals surface area (Å²) in [7, 11) is 5.38. The van der Waals surface area contributed by atoms with E-state index < -0.39 is 0 Å². The zero-order valence-corrected chi connectivity index (χ0v) is 19.3. The van der Waals surface area contributed by atoms with Crippen LogP contribution in [-0.2, 0) is 4.79 Å². The predicted molar refractivity (Wildman–Crippen MR) is 124 cm³/mol. The Bertz CT molecular complexity index is 983. The Morgan fingerprint density at radius 2 is 1.94 bits per heavy atom. The number of anilines is 2. The van der Waals surface area contributed by atoms with Crippen molar-refractivity contribution in [1.29, 1.82) is 0 Å². The number of amides is 3. The molecule has 2 aliphatic heterocycles. The molecule has 3 amide bonds. The number of urea groups is 1. The molecule has 3 heterocycles. The molecule has 2 saturated heterocycles. The Labute approximate surface area is 193 Å². The highest BCUT2D eigenvalue weighted by atomic mass is 16.5. The fourth-order valence-corrected chi connectivity index (χ4v) is 4.11. The van der Waals surface area contributed by atoms with Gasteiger partial charge in [0.25, 0.3) is 0 Å². The number of hydrogen-bond acceptors (Lipinski definition) is 7. The van der Waals surface area contributed by atoms with Gasteiger partial charge in [0.05, 0.1) is 19.3 Å². The first kappa shape index (κ1) is 22.6. The van der Waals surface area contributed by atoms with Gasteiger partial charge in [-0.25, -0.2) is 4.79 Å². The first-order valence-corrected chi connectivity index (χ1v) is 11.1. The van der Waals surface area contributed by atoms with Crippen molar-refractivity contribution in [3.05, 3.63) is 36.4 Å². The van der Waals surface area contributed by atoms with Crippen molar-refractivity contribution in [3.8, 4) is 11.6 Å². The number of carbonyl (C=O) groups is 2. The van der Waals surface area contributed by atoms with Crippen LogP contribution < -0.4 is 19.3 Å². The third-order valence-corrected chi connectivity index (χ3v) is 5.90. The van der Waals surface area contributed by atoms with Crippen molar-refractivity contribution in [3.63, 3.8) is 0 Å². The van der Waals surface area contributed by atoms with Crippen molar-refractivity contribution in [1.82, 2.24) is 20.0 Å². The monoisotopic (exact) mass is 454 g/mol. The maximum absolute atomic E-state index is 13.0. The van der Waals surface area contributed by atoms with Crippen LogP contribution >= 0.6 is 0 Å². The van der Waals surface area contributed by atoms with E-state index in [1.165, 1.54) is 0 Å². The minimum absolute atomic E-state index is 0.0501. The topological polar surface area (TPSA) is 91.3 Å². The van der Waals surface area contributed by atoms with Crippen LogP contribution in [0.2, 0.25) is 0 Å². The molecule has 2 aliphatic rings. The molecule has 33 heavy (non-hydrogen) atoms. The van der Waals surface area contributed by atoms with Crippen LogP contribution in [0.4, 0.5) is 16.3 Å². The minimum Gasteiger partial charge on any atom is -0.495 e. The van der Waals surface area contributed by atoms with Gasteiger partial charge in [-0.2, -0.15) is 0 Å². The number of benzene rings is 1. The fraction of sp³-hybridized carbons (Fsp3) is 0.478. The molecule has 1 unspecified atom stereocenters. The molecule has 2 fully saturated rings. The lowest BCUT2D eigenvalue weighted by atomic mass is 10.1. The number of nitrogens with zero attached hydrogens (tertiary/aromatic N) is 6. The largest absolute Gasteiger partial charge is 0.495 e. The number of likely N-dealkylation sites (tertiary alicyclic amines) is 1. The normalized spacial score (nSPS) is 18.5. The Morgan fingerprint density at radius 3 is 2.67 bits per heavy atom. The van der Waals surface area contributed by atoms with Crippen molar-refractivity contribution in [2.45, 2.75) is 18.9 Å². The van der Waals surface area contributed by atoms with E-state index in [-0.39, 0.29) is 24.6 Å². The smallest absolute Gasteiger partial charge is 0.325 e. The van der Waals surface area contributed by atoms with Crippen molar-refractivity contribution >= 4 is 23.4 Å². The second-order valence-electron chi connectivity index (χ2n) is 8.37. The van der Waals surface area contributed by atoms with Crippen LogP contribution in [0.5, 0.6) is 11.6 Å². The second kappa shape index (κ2) is 9.93. The third-order valence-electron chi connectivity index (χ3n) is 5.90. The molecule has 0 radical (unpaired) electrons. The molecule has 0 N–H and O–H groups in total. The van der Waals surface area contributed by atoms with Gasteiger partial charge in [-0.05, 0) is 31.0 Å². The van der Waals surface area contributed by atoms with Crippen LogP contribution in [0.3, 0.4) is 0 Å².